The van der Waals surface area contributed by atoms with Crippen molar-refractivity contribution in [3.05, 3.63) is 60.2 Å². The van der Waals surface area contributed by atoms with Crippen LogP contribution in [0, 0.1) is 0 Å². The minimum Gasteiger partial charge on any atom is -0.480 e. The highest BCUT2D eigenvalue weighted by atomic mass is 28.3. The Hall–Kier alpha value is -2.64. The van der Waals surface area contributed by atoms with Crippen molar-refractivity contribution in [3.63, 3.8) is 0 Å². The van der Waals surface area contributed by atoms with Crippen LogP contribution in [0.4, 0.5) is 4.79 Å². The Morgan fingerprint density at radius 1 is 0.935 bits per heavy atom. The van der Waals surface area contributed by atoms with Gasteiger partial charge in [-0.25, -0.2) is 9.59 Å². The predicted molar refractivity (Wildman–Crippen MR) is 123 cm³/mol. The van der Waals surface area contributed by atoms with Crippen LogP contribution in [0.3, 0.4) is 0 Å². The number of nitrogens with one attached hydrogen (secondary N) is 1. The second-order valence-corrected chi connectivity index (χ2v) is 11.5. The normalized spacial score (nSPS) is 13.0. The van der Waals surface area contributed by atoms with E-state index < -0.39 is 32.7 Å². The molecule has 2 aromatic carbocycles. The summed E-state index contributed by atoms with van der Waals surface area (Å²) < 4.78 is 11.3. The fraction of sp³-hybridized carbons (Fsp3) is 0.417. The molecule has 7 heteroatoms. The van der Waals surface area contributed by atoms with Gasteiger partial charge in [0.05, 0.1) is 6.61 Å². The Bertz CT molecular complexity index is 870. The summed E-state index contributed by atoms with van der Waals surface area (Å²) in [5.74, 6) is -1.18. The van der Waals surface area contributed by atoms with E-state index in [1.807, 2.05) is 42.5 Å². The molecule has 0 aliphatic heterocycles. The molecule has 0 heterocycles. The quantitative estimate of drug-likeness (QED) is 0.644. The largest absolute Gasteiger partial charge is 0.480 e. The van der Waals surface area contributed by atoms with Crippen molar-refractivity contribution in [2.24, 2.45) is 0 Å². The average Bonchev–Trinajstić information content (AvgIpc) is 2.66. The number of ether oxygens (including phenoxy) is 1. The maximum absolute atomic E-state index is 12.0. The van der Waals surface area contributed by atoms with Gasteiger partial charge in [-0.3, -0.25) is 0 Å². The van der Waals surface area contributed by atoms with Crippen molar-refractivity contribution in [2.45, 2.75) is 58.6 Å². The van der Waals surface area contributed by atoms with Crippen molar-refractivity contribution in [3.8, 4) is 0 Å². The molecule has 1 radical (unpaired) electrons. The molecule has 0 aliphatic carbocycles. The molecule has 6 nitrogen and oxygen atoms in total. The van der Waals surface area contributed by atoms with Gasteiger partial charge in [0.25, 0.3) is 9.04 Å². The number of carboxylic acid groups (broad SMARTS) is 1. The molecule has 2 rings (SSSR count). The first-order chi connectivity index (χ1) is 14.4. The van der Waals surface area contributed by atoms with E-state index >= 15 is 0 Å². The zero-order valence-electron chi connectivity index (χ0n) is 19.1. The van der Waals surface area contributed by atoms with Gasteiger partial charge in [0.1, 0.15) is 5.60 Å². The fourth-order valence-corrected chi connectivity index (χ4v) is 4.80. The van der Waals surface area contributed by atoms with Gasteiger partial charge >= 0.3 is 12.1 Å². The zero-order chi connectivity index (χ0) is 23.2. The van der Waals surface area contributed by atoms with E-state index in [-0.39, 0.29) is 12.0 Å². The fourth-order valence-electron chi connectivity index (χ4n) is 2.84. The zero-order valence-corrected chi connectivity index (χ0v) is 20.1. The third kappa shape index (κ3) is 7.84. The smallest absolute Gasteiger partial charge is 0.408 e. The second-order valence-electron chi connectivity index (χ2n) is 9.37. The van der Waals surface area contributed by atoms with Gasteiger partial charge in [-0.05, 0) is 42.1 Å². The van der Waals surface area contributed by atoms with E-state index in [0.717, 1.165) is 10.4 Å². The summed E-state index contributed by atoms with van der Waals surface area (Å²) >= 11 is 0. The molecule has 31 heavy (non-hydrogen) atoms. The first-order valence-corrected chi connectivity index (χ1v) is 11.7. The van der Waals surface area contributed by atoms with E-state index in [9.17, 15) is 14.7 Å². The van der Waals surface area contributed by atoms with Crippen molar-refractivity contribution in [1.29, 1.82) is 0 Å². The van der Waals surface area contributed by atoms with Crippen LogP contribution in [0.2, 0.25) is 0 Å². The van der Waals surface area contributed by atoms with Crippen molar-refractivity contribution < 1.29 is 23.9 Å². The third-order valence-corrected chi connectivity index (χ3v) is 6.60. The molecule has 2 N–H and O–H groups in total. The molecule has 0 saturated carbocycles. The molecular weight excluding hydrogens is 410 g/mol. The molecule has 0 unspecified atom stereocenters. The molecular formula is C24H32NO5Si. The number of benzene rings is 2. The lowest BCUT2D eigenvalue weighted by molar-refractivity contribution is -0.140. The number of aliphatic carboxylic acids is 1. The summed E-state index contributed by atoms with van der Waals surface area (Å²) in [6.07, 6.45) is -0.786. The van der Waals surface area contributed by atoms with Crippen LogP contribution in [0.15, 0.2) is 54.6 Å². The van der Waals surface area contributed by atoms with Gasteiger partial charge in [0.15, 0.2) is 6.04 Å². The Balaban J connectivity index is 2.21. The molecule has 1 atom stereocenters. The maximum Gasteiger partial charge on any atom is 0.408 e. The van der Waals surface area contributed by atoms with Gasteiger partial charge in [-0.1, -0.05) is 75.4 Å². The Morgan fingerprint density at radius 3 is 1.97 bits per heavy atom. The number of hydrogen-bond acceptors (Lipinski definition) is 4. The van der Waals surface area contributed by atoms with Crippen molar-refractivity contribution in [2.75, 3.05) is 6.61 Å². The van der Waals surface area contributed by atoms with Crippen LogP contribution in [-0.4, -0.2) is 44.5 Å². The predicted octanol–water partition coefficient (Wildman–Crippen LogP) is 3.08. The monoisotopic (exact) mass is 442 g/mol. The Labute approximate surface area is 186 Å². The molecule has 0 fully saturated rings. The lowest BCUT2D eigenvalue weighted by Crippen LogP contribution is -2.51. The summed E-state index contributed by atoms with van der Waals surface area (Å²) in [4.78, 5) is 23.7. The molecule has 2 aromatic rings. The van der Waals surface area contributed by atoms with Crippen LogP contribution in [0.25, 0.3) is 0 Å². The highest BCUT2D eigenvalue weighted by Gasteiger charge is 2.27. The highest BCUT2D eigenvalue weighted by Crippen LogP contribution is 2.20. The first kappa shape index (κ1) is 24.6. The molecule has 0 bridgehead atoms. The van der Waals surface area contributed by atoms with Crippen LogP contribution < -0.4 is 15.7 Å². The third-order valence-electron chi connectivity index (χ3n) is 4.43. The van der Waals surface area contributed by atoms with E-state index in [2.05, 4.69) is 38.2 Å². The Kier molecular flexibility index (Phi) is 8.03. The standard InChI is InChI=1S/C24H32NO5Si/c1-23(2,3)17-12-14-19(15-13-17)31(18-10-8-7-9-11-18)29-16-20(21(26)27)25-22(28)30-24(4,5)6/h7-15,20H,16H2,1-6H3,(H,25,28)(H,26,27)/t20-/m1/s1. The number of hydrogen-bond donors (Lipinski definition) is 2. The highest BCUT2D eigenvalue weighted by molar-refractivity contribution is 6.80. The van der Waals surface area contributed by atoms with E-state index in [1.165, 1.54) is 5.56 Å². The molecule has 0 aliphatic rings. The summed E-state index contributed by atoms with van der Waals surface area (Å²) in [5.41, 5.74) is 0.521. The van der Waals surface area contributed by atoms with Gasteiger partial charge in [-0.15, -0.1) is 0 Å². The maximum atomic E-state index is 12.0. The lowest BCUT2D eigenvalue weighted by Gasteiger charge is -2.24. The number of amides is 1. The van der Waals surface area contributed by atoms with Gasteiger partial charge in [0.2, 0.25) is 0 Å². The van der Waals surface area contributed by atoms with Crippen LogP contribution in [-0.2, 0) is 19.4 Å². The van der Waals surface area contributed by atoms with Crippen LogP contribution in [0.5, 0.6) is 0 Å². The van der Waals surface area contributed by atoms with Gasteiger partial charge < -0.3 is 19.6 Å². The van der Waals surface area contributed by atoms with Gasteiger partial charge in [-0.2, -0.15) is 0 Å². The van der Waals surface area contributed by atoms with E-state index in [1.54, 1.807) is 20.8 Å². The molecule has 1 amide bonds. The number of carbonyl (C=O) groups excluding carboxylic acids is 1. The number of alkyl carbamates (subject to hydrolysis) is 1. The number of carbonyl (C=O) groups is 2. The summed E-state index contributed by atoms with van der Waals surface area (Å²) in [6, 6.07) is 16.8. The van der Waals surface area contributed by atoms with Crippen LogP contribution in [0.1, 0.15) is 47.1 Å². The van der Waals surface area contributed by atoms with Crippen molar-refractivity contribution in [1.82, 2.24) is 5.32 Å². The SMILES string of the molecule is CC(C)(C)OC(=O)N[C@H](CO[Si](c1ccccc1)c1ccc(C(C)(C)C)cc1)C(=O)O. The molecule has 0 saturated heterocycles. The average molecular weight is 443 g/mol. The summed E-state index contributed by atoms with van der Waals surface area (Å²) in [5, 5.41) is 14.0. The van der Waals surface area contributed by atoms with E-state index in [0.29, 0.717) is 0 Å². The van der Waals surface area contributed by atoms with Crippen molar-refractivity contribution >= 4 is 31.5 Å². The first-order valence-electron chi connectivity index (χ1n) is 10.3. The molecule has 0 aromatic heterocycles. The van der Waals surface area contributed by atoms with Crippen LogP contribution >= 0.6 is 0 Å². The molecule has 167 valence electrons. The second kappa shape index (κ2) is 10.1. The summed E-state index contributed by atoms with van der Waals surface area (Å²) in [7, 11) is -1.71. The minimum atomic E-state index is -1.71. The topological polar surface area (TPSA) is 84.9 Å². The number of rotatable bonds is 7. The lowest BCUT2D eigenvalue weighted by atomic mass is 9.87. The number of carboxylic acids is 1. The summed E-state index contributed by atoms with van der Waals surface area (Å²) in [6.45, 7) is 11.5. The van der Waals surface area contributed by atoms with E-state index in [4.69, 9.17) is 9.16 Å². The minimum absolute atomic E-state index is 0.0325. The van der Waals surface area contributed by atoms with Gasteiger partial charge in [0, 0.05) is 0 Å². The molecule has 0 spiro atoms. The Morgan fingerprint density at radius 2 is 1.48 bits per heavy atom.